The molecule has 1 aromatic heterocycles. The number of nitro groups is 1. The number of nitro benzene ring substituents is 1. The molecule has 2 aromatic rings. The van der Waals surface area contributed by atoms with Crippen LogP contribution < -0.4 is 10.5 Å². The molecule has 0 saturated carbocycles. The van der Waals surface area contributed by atoms with Crippen molar-refractivity contribution in [2.24, 2.45) is 5.73 Å². The number of halogens is 1. The van der Waals surface area contributed by atoms with Crippen molar-refractivity contribution in [3.05, 3.63) is 52.1 Å². The molecule has 8 nitrogen and oxygen atoms in total. The lowest BCUT2D eigenvalue weighted by Crippen LogP contribution is -2.13. The van der Waals surface area contributed by atoms with E-state index < -0.39 is 16.4 Å². The molecule has 20 heavy (non-hydrogen) atoms. The van der Waals surface area contributed by atoms with Gasteiger partial charge in [0.2, 0.25) is 5.75 Å². The third-order valence-electron chi connectivity index (χ3n) is 2.23. The van der Waals surface area contributed by atoms with Crippen LogP contribution in [0.1, 0.15) is 5.69 Å². The van der Waals surface area contributed by atoms with Crippen LogP contribution in [-0.4, -0.2) is 20.7 Å². The van der Waals surface area contributed by atoms with Gasteiger partial charge in [-0.05, 0) is 12.1 Å². The fraction of sp³-hybridized carbons (Fsp3) is 0. The van der Waals surface area contributed by atoms with E-state index in [0.717, 1.165) is 18.2 Å². The Morgan fingerprint density at radius 3 is 2.85 bits per heavy atom. The Morgan fingerprint density at radius 2 is 2.20 bits per heavy atom. The Hall–Kier alpha value is -3.10. The number of hydrogen-bond donors (Lipinski definition) is 2. The summed E-state index contributed by atoms with van der Waals surface area (Å²) in [5.74, 6) is -1.35. The van der Waals surface area contributed by atoms with Crippen LogP contribution in [0.4, 0.5) is 10.1 Å². The van der Waals surface area contributed by atoms with Gasteiger partial charge in [-0.3, -0.25) is 15.5 Å². The Balaban J connectivity index is 2.39. The van der Waals surface area contributed by atoms with Gasteiger partial charge in [-0.15, -0.1) is 0 Å². The highest BCUT2D eigenvalue weighted by atomic mass is 19.1. The summed E-state index contributed by atoms with van der Waals surface area (Å²) < 4.78 is 18.2. The van der Waals surface area contributed by atoms with E-state index in [-0.39, 0.29) is 23.3 Å². The SMILES string of the molecule is N=C(N)c1ccnc(Oc2cc(F)ccc2[N+](=O)[O-])n1. The Bertz CT molecular complexity index is 692. The quantitative estimate of drug-likeness (QED) is 0.378. The minimum Gasteiger partial charge on any atom is -0.417 e. The van der Waals surface area contributed by atoms with Gasteiger partial charge in [-0.2, -0.15) is 4.98 Å². The fourth-order valence-electron chi connectivity index (χ4n) is 1.36. The zero-order valence-corrected chi connectivity index (χ0v) is 9.91. The van der Waals surface area contributed by atoms with E-state index in [1.807, 2.05) is 0 Å². The first kappa shape index (κ1) is 13.3. The normalized spacial score (nSPS) is 10.1. The van der Waals surface area contributed by atoms with Crippen molar-refractivity contribution in [3.63, 3.8) is 0 Å². The van der Waals surface area contributed by atoms with Crippen molar-refractivity contribution in [1.29, 1.82) is 5.41 Å². The summed E-state index contributed by atoms with van der Waals surface area (Å²) in [5.41, 5.74) is 4.91. The maximum Gasteiger partial charge on any atom is 0.322 e. The summed E-state index contributed by atoms with van der Waals surface area (Å²) in [4.78, 5) is 17.6. The average Bonchev–Trinajstić information content (AvgIpc) is 2.38. The predicted molar refractivity (Wildman–Crippen MR) is 66.2 cm³/mol. The minimum atomic E-state index is -0.719. The molecular formula is C11H8FN5O3. The van der Waals surface area contributed by atoms with E-state index in [2.05, 4.69) is 9.97 Å². The highest BCUT2D eigenvalue weighted by Crippen LogP contribution is 2.30. The Kier molecular flexibility index (Phi) is 3.51. The fourth-order valence-corrected chi connectivity index (χ4v) is 1.36. The molecule has 0 atom stereocenters. The molecule has 1 aromatic carbocycles. The van der Waals surface area contributed by atoms with Crippen molar-refractivity contribution in [3.8, 4) is 11.8 Å². The second-order valence-corrected chi connectivity index (χ2v) is 3.61. The molecule has 0 amide bonds. The summed E-state index contributed by atoms with van der Waals surface area (Å²) in [6.07, 6.45) is 1.27. The lowest BCUT2D eigenvalue weighted by Gasteiger charge is -2.05. The van der Waals surface area contributed by atoms with Gasteiger partial charge in [0.15, 0.2) is 0 Å². The maximum absolute atomic E-state index is 13.1. The second-order valence-electron chi connectivity index (χ2n) is 3.61. The van der Waals surface area contributed by atoms with E-state index >= 15 is 0 Å². The van der Waals surface area contributed by atoms with Crippen LogP contribution >= 0.6 is 0 Å². The molecule has 0 aliphatic heterocycles. The summed E-state index contributed by atoms with van der Waals surface area (Å²) in [7, 11) is 0. The molecule has 0 spiro atoms. The molecule has 2 rings (SSSR count). The van der Waals surface area contributed by atoms with Gasteiger partial charge in [0, 0.05) is 18.3 Å². The zero-order chi connectivity index (χ0) is 14.7. The molecule has 0 unspecified atom stereocenters. The van der Waals surface area contributed by atoms with Crippen molar-refractivity contribution in [2.75, 3.05) is 0 Å². The molecular weight excluding hydrogens is 269 g/mol. The number of hydrogen-bond acceptors (Lipinski definition) is 6. The van der Waals surface area contributed by atoms with E-state index in [9.17, 15) is 14.5 Å². The number of ether oxygens (including phenoxy) is 1. The number of nitrogens with zero attached hydrogens (tertiary/aromatic N) is 3. The highest BCUT2D eigenvalue weighted by molar-refractivity contribution is 5.92. The molecule has 3 N–H and O–H groups in total. The van der Waals surface area contributed by atoms with E-state index in [1.165, 1.54) is 12.3 Å². The molecule has 9 heteroatoms. The van der Waals surface area contributed by atoms with Crippen LogP contribution in [0.3, 0.4) is 0 Å². The lowest BCUT2D eigenvalue weighted by molar-refractivity contribution is -0.385. The first-order valence-electron chi connectivity index (χ1n) is 5.26. The smallest absolute Gasteiger partial charge is 0.322 e. The molecule has 0 fully saturated rings. The number of benzene rings is 1. The number of amidine groups is 1. The van der Waals surface area contributed by atoms with Crippen LogP contribution in [0.5, 0.6) is 11.8 Å². The van der Waals surface area contributed by atoms with Crippen molar-refractivity contribution < 1.29 is 14.1 Å². The molecule has 0 aliphatic rings. The molecule has 0 radical (unpaired) electrons. The first-order valence-corrected chi connectivity index (χ1v) is 5.26. The summed E-state index contributed by atoms with van der Waals surface area (Å²) in [5, 5.41) is 18.0. The topological polar surface area (TPSA) is 128 Å². The number of nitrogen functional groups attached to an aromatic ring is 1. The monoisotopic (exact) mass is 277 g/mol. The second kappa shape index (κ2) is 5.26. The summed E-state index contributed by atoms with van der Waals surface area (Å²) >= 11 is 0. The highest BCUT2D eigenvalue weighted by Gasteiger charge is 2.18. The van der Waals surface area contributed by atoms with E-state index in [0.29, 0.717) is 0 Å². The number of aromatic nitrogens is 2. The van der Waals surface area contributed by atoms with Gasteiger partial charge in [-0.1, -0.05) is 0 Å². The van der Waals surface area contributed by atoms with Crippen molar-refractivity contribution >= 4 is 11.5 Å². The van der Waals surface area contributed by atoms with Gasteiger partial charge < -0.3 is 10.5 Å². The van der Waals surface area contributed by atoms with Gasteiger partial charge in [0.25, 0.3) is 0 Å². The first-order chi connectivity index (χ1) is 9.47. The van der Waals surface area contributed by atoms with Crippen LogP contribution in [0.25, 0.3) is 0 Å². The number of nitrogens with one attached hydrogen (secondary N) is 1. The predicted octanol–water partition coefficient (Wildman–Crippen LogP) is 1.60. The third kappa shape index (κ3) is 2.83. The van der Waals surface area contributed by atoms with Crippen LogP contribution in [0.2, 0.25) is 0 Å². The van der Waals surface area contributed by atoms with E-state index in [4.69, 9.17) is 15.9 Å². The van der Waals surface area contributed by atoms with Gasteiger partial charge in [0.1, 0.15) is 17.3 Å². The summed E-state index contributed by atoms with van der Waals surface area (Å²) in [6.45, 7) is 0. The Morgan fingerprint density at radius 1 is 1.45 bits per heavy atom. The minimum absolute atomic E-state index is 0.0917. The average molecular weight is 277 g/mol. The van der Waals surface area contributed by atoms with Gasteiger partial charge in [0.05, 0.1) is 4.92 Å². The zero-order valence-electron chi connectivity index (χ0n) is 9.91. The van der Waals surface area contributed by atoms with Gasteiger partial charge >= 0.3 is 11.7 Å². The molecule has 0 saturated heterocycles. The number of nitrogens with two attached hydrogens (primary N) is 1. The standard InChI is InChI=1S/C11H8FN5O3/c12-6-1-2-8(17(18)19)9(5-6)20-11-15-4-3-7(16-11)10(13)14/h1-5H,(H3,13,14). The lowest BCUT2D eigenvalue weighted by atomic mass is 10.3. The van der Waals surface area contributed by atoms with Crippen molar-refractivity contribution in [2.45, 2.75) is 0 Å². The van der Waals surface area contributed by atoms with E-state index in [1.54, 1.807) is 0 Å². The number of rotatable bonds is 4. The molecule has 1 heterocycles. The van der Waals surface area contributed by atoms with Gasteiger partial charge in [-0.25, -0.2) is 9.37 Å². The van der Waals surface area contributed by atoms with Crippen LogP contribution in [0, 0.1) is 21.3 Å². The van der Waals surface area contributed by atoms with Crippen molar-refractivity contribution in [1.82, 2.24) is 9.97 Å². The molecule has 102 valence electrons. The third-order valence-corrected chi connectivity index (χ3v) is 2.23. The Labute approximate surface area is 111 Å². The van der Waals surface area contributed by atoms with Crippen LogP contribution in [0.15, 0.2) is 30.5 Å². The molecule has 0 bridgehead atoms. The maximum atomic E-state index is 13.1. The summed E-state index contributed by atoms with van der Waals surface area (Å²) in [6, 6.07) is 3.86. The van der Waals surface area contributed by atoms with Crippen LogP contribution in [-0.2, 0) is 0 Å². The molecule has 0 aliphatic carbocycles. The largest absolute Gasteiger partial charge is 0.417 e.